The number of rotatable bonds is 1. The first-order chi connectivity index (χ1) is 11.0. The summed E-state index contributed by atoms with van der Waals surface area (Å²) in [7, 11) is 0. The summed E-state index contributed by atoms with van der Waals surface area (Å²) in [5, 5.41) is 0. The van der Waals surface area contributed by atoms with Crippen LogP contribution in [-0.4, -0.2) is 29.9 Å². The summed E-state index contributed by atoms with van der Waals surface area (Å²) < 4.78 is 0. The van der Waals surface area contributed by atoms with Gasteiger partial charge in [0.05, 0.1) is 4.88 Å². The number of nitrogens with two attached hydrogens (primary N) is 1. The van der Waals surface area contributed by atoms with Crippen LogP contribution in [0.5, 0.6) is 0 Å². The van der Waals surface area contributed by atoms with E-state index in [1.807, 2.05) is 4.90 Å². The van der Waals surface area contributed by atoms with Crippen LogP contribution < -0.4 is 5.73 Å². The van der Waals surface area contributed by atoms with Gasteiger partial charge in [0.2, 0.25) is 0 Å². The minimum atomic E-state index is 0. The lowest BCUT2D eigenvalue weighted by Crippen LogP contribution is -2.31. The molecule has 2 aliphatic rings. The maximum atomic E-state index is 12.8. The van der Waals surface area contributed by atoms with E-state index < -0.39 is 0 Å². The van der Waals surface area contributed by atoms with Crippen LogP contribution in [0.25, 0.3) is 10.4 Å². The Morgan fingerprint density at radius 1 is 1.33 bits per heavy atom. The lowest BCUT2D eigenvalue weighted by atomic mass is 9.73. The molecule has 1 aliphatic carbocycles. The van der Waals surface area contributed by atoms with Gasteiger partial charge in [-0.15, -0.1) is 23.7 Å². The molecule has 0 bridgehead atoms. The van der Waals surface area contributed by atoms with Crippen LogP contribution >= 0.6 is 23.7 Å². The van der Waals surface area contributed by atoms with Gasteiger partial charge in [0.1, 0.15) is 0 Å². The van der Waals surface area contributed by atoms with Crippen LogP contribution in [0.1, 0.15) is 41.1 Å². The molecule has 2 aromatic rings. The van der Waals surface area contributed by atoms with Crippen LogP contribution in [0.3, 0.4) is 0 Å². The van der Waals surface area contributed by atoms with Crippen molar-refractivity contribution in [3.8, 4) is 10.4 Å². The number of fused-ring (bicyclic) bond motifs is 3. The van der Waals surface area contributed by atoms with Gasteiger partial charge in [-0.3, -0.25) is 4.79 Å². The van der Waals surface area contributed by atoms with Gasteiger partial charge in [-0.25, -0.2) is 0 Å². The first-order valence-electron chi connectivity index (χ1n) is 8.23. The topological polar surface area (TPSA) is 46.3 Å². The summed E-state index contributed by atoms with van der Waals surface area (Å²) in [6.45, 7) is 6.04. The molecule has 0 saturated carbocycles. The van der Waals surface area contributed by atoms with E-state index in [9.17, 15) is 4.79 Å². The van der Waals surface area contributed by atoms with Gasteiger partial charge in [0.25, 0.3) is 5.91 Å². The Morgan fingerprint density at radius 2 is 2.08 bits per heavy atom. The zero-order valence-electron chi connectivity index (χ0n) is 14.0. The monoisotopic (exact) mass is 362 g/mol. The van der Waals surface area contributed by atoms with Crippen LogP contribution in [0, 0.1) is 0 Å². The van der Waals surface area contributed by atoms with Crippen molar-refractivity contribution in [2.75, 3.05) is 13.1 Å². The molecular weight excluding hydrogens is 340 g/mol. The number of benzene rings is 1. The van der Waals surface area contributed by atoms with E-state index in [1.165, 1.54) is 21.6 Å². The van der Waals surface area contributed by atoms with Crippen molar-refractivity contribution < 1.29 is 4.79 Å². The zero-order valence-corrected chi connectivity index (χ0v) is 15.7. The highest BCUT2D eigenvalue weighted by atomic mass is 35.5. The van der Waals surface area contributed by atoms with Crippen molar-refractivity contribution in [2.24, 2.45) is 5.73 Å². The van der Waals surface area contributed by atoms with E-state index >= 15 is 0 Å². The molecular formula is C19H23ClN2OS. The van der Waals surface area contributed by atoms with Crippen LogP contribution in [-0.2, 0) is 11.8 Å². The molecule has 0 radical (unpaired) electrons. The van der Waals surface area contributed by atoms with Gasteiger partial charge in [0.15, 0.2) is 0 Å². The number of likely N-dealkylation sites (tertiary alicyclic amines) is 1. The second-order valence-corrected chi connectivity index (χ2v) is 8.42. The molecule has 1 aliphatic heterocycles. The standard InChI is InChI=1S/C19H22N2OS.ClH/c1-19(2)10-12-9-16(18(22)21-8-7-13(20)11-21)23-17(12)14-5-3-4-6-15(14)19;/h3-6,9,13H,7-8,10-11,20H2,1-2H3;1H/t13-;/m1./s1. The number of carbonyl (C=O) groups excluding carboxylic acids is 1. The summed E-state index contributed by atoms with van der Waals surface area (Å²) in [5.74, 6) is 0.146. The average Bonchev–Trinajstić information content (AvgIpc) is 3.12. The van der Waals surface area contributed by atoms with Crippen molar-refractivity contribution in [2.45, 2.75) is 38.1 Å². The molecule has 1 fully saturated rings. The number of amides is 1. The maximum Gasteiger partial charge on any atom is 0.264 e. The molecule has 1 aromatic heterocycles. The first-order valence-corrected chi connectivity index (χ1v) is 9.05. The molecule has 3 nitrogen and oxygen atoms in total. The number of carbonyl (C=O) groups is 1. The van der Waals surface area contributed by atoms with Crippen molar-refractivity contribution >= 4 is 29.7 Å². The third kappa shape index (κ3) is 2.77. The molecule has 0 unspecified atom stereocenters. The summed E-state index contributed by atoms with van der Waals surface area (Å²) in [6.07, 6.45) is 1.90. The molecule has 2 heterocycles. The predicted molar refractivity (Wildman–Crippen MR) is 102 cm³/mol. The van der Waals surface area contributed by atoms with E-state index in [-0.39, 0.29) is 29.8 Å². The molecule has 2 N–H and O–H groups in total. The Kier molecular flexibility index (Phi) is 4.49. The molecule has 24 heavy (non-hydrogen) atoms. The highest BCUT2D eigenvalue weighted by Crippen LogP contribution is 2.46. The van der Waals surface area contributed by atoms with Crippen molar-refractivity contribution in [1.82, 2.24) is 4.90 Å². The average molecular weight is 363 g/mol. The molecule has 1 aromatic carbocycles. The van der Waals surface area contributed by atoms with Gasteiger partial charge in [-0.2, -0.15) is 0 Å². The predicted octanol–water partition coefficient (Wildman–Crippen LogP) is 3.84. The smallest absolute Gasteiger partial charge is 0.264 e. The number of hydrogen-bond acceptors (Lipinski definition) is 3. The Hall–Kier alpha value is -1.36. The van der Waals surface area contributed by atoms with Gasteiger partial charge < -0.3 is 10.6 Å². The van der Waals surface area contributed by atoms with Gasteiger partial charge >= 0.3 is 0 Å². The fourth-order valence-corrected chi connectivity index (χ4v) is 5.05. The second-order valence-electron chi connectivity index (χ2n) is 7.37. The largest absolute Gasteiger partial charge is 0.336 e. The SMILES string of the molecule is CC1(C)Cc2cc(C(=O)N3CC[C@@H](N)C3)sc2-c2ccccc21.Cl. The van der Waals surface area contributed by atoms with Crippen molar-refractivity contribution in [3.05, 3.63) is 46.3 Å². The quantitative estimate of drug-likeness (QED) is 0.837. The molecule has 1 atom stereocenters. The third-order valence-corrected chi connectivity index (χ3v) is 6.26. The molecule has 1 amide bonds. The summed E-state index contributed by atoms with van der Waals surface area (Å²) in [4.78, 5) is 16.8. The Bertz CT molecular complexity index is 783. The van der Waals surface area contributed by atoms with Crippen molar-refractivity contribution in [1.29, 1.82) is 0 Å². The van der Waals surface area contributed by atoms with E-state index in [2.05, 4.69) is 44.2 Å². The number of nitrogens with zero attached hydrogens (tertiary/aromatic N) is 1. The fraction of sp³-hybridized carbons (Fsp3) is 0.421. The maximum absolute atomic E-state index is 12.8. The first kappa shape index (κ1) is 17.5. The van der Waals surface area contributed by atoms with Crippen LogP contribution in [0.15, 0.2) is 30.3 Å². The zero-order chi connectivity index (χ0) is 16.2. The van der Waals surface area contributed by atoms with Gasteiger partial charge in [-0.05, 0) is 41.0 Å². The van der Waals surface area contributed by atoms with Crippen molar-refractivity contribution in [3.63, 3.8) is 0 Å². The minimum absolute atomic E-state index is 0. The summed E-state index contributed by atoms with van der Waals surface area (Å²) >= 11 is 1.64. The molecule has 1 saturated heterocycles. The molecule has 0 spiro atoms. The number of halogens is 1. The van der Waals surface area contributed by atoms with Crippen LogP contribution in [0.4, 0.5) is 0 Å². The number of hydrogen-bond donors (Lipinski definition) is 1. The summed E-state index contributed by atoms with van der Waals surface area (Å²) in [5.41, 5.74) is 10.0. The molecule has 4 rings (SSSR count). The van der Waals surface area contributed by atoms with E-state index in [0.717, 1.165) is 24.3 Å². The Morgan fingerprint density at radius 3 is 2.79 bits per heavy atom. The molecule has 5 heteroatoms. The lowest BCUT2D eigenvalue weighted by Gasteiger charge is -2.32. The summed E-state index contributed by atoms with van der Waals surface area (Å²) in [6, 6.07) is 10.9. The second kappa shape index (κ2) is 6.17. The highest BCUT2D eigenvalue weighted by Gasteiger charge is 2.34. The minimum Gasteiger partial charge on any atom is -0.336 e. The normalized spacial score (nSPS) is 21.0. The lowest BCUT2D eigenvalue weighted by molar-refractivity contribution is 0.0795. The van der Waals surface area contributed by atoms with Gasteiger partial charge in [0, 0.05) is 24.0 Å². The van der Waals surface area contributed by atoms with E-state index in [0.29, 0.717) is 6.54 Å². The van der Waals surface area contributed by atoms with E-state index in [1.54, 1.807) is 11.3 Å². The van der Waals surface area contributed by atoms with E-state index in [4.69, 9.17) is 5.73 Å². The Balaban J connectivity index is 0.00000169. The molecule has 128 valence electrons. The highest BCUT2D eigenvalue weighted by molar-refractivity contribution is 7.17. The van der Waals surface area contributed by atoms with Crippen LogP contribution in [0.2, 0.25) is 0 Å². The third-order valence-electron chi connectivity index (χ3n) is 5.06. The fourth-order valence-electron chi connectivity index (χ4n) is 3.86. The Labute approximate surface area is 153 Å². The number of thiophene rings is 1. The van der Waals surface area contributed by atoms with Gasteiger partial charge in [-0.1, -0.05) is 38.1 Å².